The molecule has 7 heteroatoms. The van der Waals surface area contributed by atoms with E-state index in [-0.39, 0.29) is 11.7 Å². The van der Waals surface area contributed by atoms with E-state index in [2.05, 4.69) is 17.4 Å². The summed E-state index contributed by atoms with van der Waals surface area (Å²) in [5, 5.41) is 5.51. The van der Waals surface area contributed by atoms with Gasteiger partial charge in [-0.2, -0.15) is 0 Å². The summed E-state index contributed by atoms with van der Waals surface area (Å²) in [5.41, 5.74) is 2.12. The van der Waals surface area contributed by atoms with E-state index in [0.717, 1.165) is 22.2 Å². The molecular weight excluding hydrogens is 413 g/mol. The van der Waals surface area contributed by atoms with Crippen molar-refractivity contribution in [2.24, 2.45) is 7.05 Å². The molecule has 3 aromatic rings. The van der Waals surface area contributed by atoms with Crippen LogP contribution in [0.25, 0.3) is 0 Å². The van der Waals surface area contributed by atoms with Crippen molar-refractivity contribution >= 4 is 35.0 Å². The van der Waals surface area contributed by atoms with Gasteiger partial charge in [0.2, 0.25) is 0 Å². The number of halogens is 2. The summed E-state index contributed by atoms with van der Waals surface area (Å²) in [7, 11) is 1.82. The predicted molar refractivity (Wildman–Crippen MR) is 118 cm³/mol. The molecule has 0 unspecified atom stereocenters. The molecular formula is C21H23Cl2N3OS. The van der Waals surface area contributed by atoms with E-state index in [4.69, 9.17) is 23.2 Å². The Bertz CT molecular complexity index is 992. The van der Waals surface area contributed by atoms with Gasteiger partial charge in [0.25, 0.3) is 0 Å². The zero-order valence-corrected chi connectivity index (χ0v) is 18.4. The molecule has 0 atom stereocenters. The number of aromatic nitrogens is 2. The maximum Gasteiger partial charge on any atom is 0.329 e. The van der Waals surface area contributed by atoms with E-state index < -0.39 is 0 Å². The van der Waals surface area contributed by atoms with E-state index >= 15 is 0 Å². The Morgan fingerprint density at radius 3 is 2.29 bits per heavy atom. The minimum absolute atomic E-state index is 0.0258. The van der Waals surface area contributed by atoms with E-state index in [1.807, 2.05) is 55.8 Å². The van der Waals surface area contributed by atoms with Gasteiger partial charge in [0, 0.05) is 41.1 Å². The third-order valence-corrected chi connectivity index (χ3v) is 5.93. The van der Waals surface area contributed by atoms with Crippen molar-refractivity contribution in [2.45, 2.75) is 42.9 Å². The molecule has 0 radical (unpaired) electrons. The Balaban J connectivity index is 1.92. The van der Waals surface area contributed by atoms with Crippen molar-refractivity contribution in [3.63, 3.8) is 0 Å². The molecule has 3 rings (SSSR count). The molecule has 4 nitrogen and oxygen atoms in total. The van der Waals surface area contributed by atoms with Gasteiger partial charge in [-0.25, -0.2) is 4.79 Å². The highest BCUT2D eigenvalue weighted by Gasteiger charge is 2.20. The Hall–Kier alpha value is -1.66. The lowest BCUT2D eigenvalue weighted by Crippen LogP contribution is -2.25. The monoisotopic (exact) mass is 435 g/mol. The fourth-order valence-corrected chi connectivity index (χ4v) is 4.99. The second kappa shape index (κ2) is 9.23. The molecule has 148 valence electrons. The maximum absolute atomic E-state index is 12.8. The largest absolute Gasteiger partial charge is 0.329 e. The molecule has 0 fully saturated rings. The second-order valence-corrected chi connectivity index (χ2v) is 8.79. The lowest BCUT2D eigenvalue weighted by molar-refractivity contribution is 0.532. The van der Waals surface area contributed by atoms with Crippen molar-refractivity contribution in [1.82, 2.24) is 14.5 Å². The summed E-state index contributed by atoms with van der Waals surface area (Å²) >= 11 is 13.8. The van der Waals surface area contributed by atoms with E-state index in [1.165, 1.54) is 17.3 Å². The fraction of sp³-hybridized carbons (Fsp3) is 0.286. The van der Waals surface area contributed by atoms with Crippen LogP contribution in [-0.2, 0) is 20.1 Å². The lowest BCUT2D eigenvalue weighted by Gasteiger charge is -2.13. The number of hydrogen-bond donors (Lipinski definition) is 1. The smallest absolute Gasteiger partial charge is 0.307 e. The first-order valence-electron chi connectivity index (χ1n) is 9.05. The van der Waals surface area contributed by atoms with Gasteiger partial charge in [0.05, 0.1) is 5.69 Å². The van der Waals surface area contributed by atoms with Gasteiger partial charge < -0.3 is 5.32 Å². The molecule has 0 bridgehead atoms. The van der Waals surface area contributed by atoms with Crippen molar-refractivity contribution in [3.8, 4) is 0 Å². The van der Waals surface area contributed by atoms with E-state index in [0.29, 0.717) is 16.6 Å². The summed E-state index contributed by atoms with van der Waals surface area (Å²) in [6, 6.07) is 15.7. The molecule has 1 N–H and O–H groups in total. The molecule has 0 saturated heterocycles. The third kappa shape index (κ3) is 4.84. The molecule has 0 saturated carbocycles. The first-order valence-corrected chi connectivity index (χ1v) is 10.6. The SMILES string of the molecule is CC(C)n1c(Sc2cc(Cl)cc(Cl)c2)c(CNCc2ccccc2)n(C)c1=O. The number of imidazole rings is 1. The van der Waals surface area contributed by atoms with Gasteiger partial charge in [0.1, 0.15) is 5.03 Å². The van der Waals surface area contributed by atoms with E-state index in [9.17, 15) is 4.79 Å². The standard InChI is InChI=1S/C21H23Cl2N3OS/c1-14(2)26-20(28-18-10-16(22)9-17(23)11-18)19(25(3)21(26)27)13-24-12-15-7-5-4-6-8-15/h4-11,14,24H,12-13H2,1-3H3. The van der Waals surface area contributed by atoms with E-state index in [1.54, 1.807) is 10.6 Å². The molecule has 0 spiro atoms. The van der Waals surface area contributed by atoms with Crippen LogP contribution in [0.3, 0.4) is 0 Å². The molecule has 1 heterocycles. The van der Waals surface area contributed by atoms with Gasteiger partial charge in [-0.3, -0.25) is 9.13 Å². The van der Waals surface area contributed by atoms with Crippen molar-refractivity contribution < 1.29 is 0 Å². The number of benzene rings is 2. The summed E-state index contributed by atoms with van der Waals surface area (Å²) in [4.78, 5) is 13.7. The Kier molecular flexibility index (Phi) is 6.94. The van der Waals surface area contributed by atoms with Crippen LogP contribution in [0.4, 0.5) is 0 Å². The predicted octanol–water partition coefficient (Wildman–Crippen LogP) is 5.52. The third-order valence-electron chi connectivity index (χ3n) is 4.39. The van der Waals surface area contributed by atoms with Crippen LogP contribution in [0.1, 0.15) is 31.1 Å². The molecule has 0 aliphatic heterocycles. The van der Waals surface area contributed by atoms with Gasteiger partial charge in [0.15, 0.2) is 0 Å². The van der Waals surface area contributed by atoms with Crippen LogP contribution in [0.5, 0.6) is 0 Å². The van der Waals surface area contributed by atoms with Gasteiger partial charge in [-0.05, 0) is 37.6 Å². The highest BCUT2D eigenvalue weighted by Crippen LogP contribution is 2.34. The first kappa shape index (κ1) is 21.1. The van der Waals surface area contributed by atoms with Crippen LogP contribution in [0, 0.1) is 0 Å². The number of hydrogen-bond acceptors (Lipinski definition) is 3. The average Bonchev–Trinajstić information content (AvgIpc) is 2.86. The first-order chi connectivity index (χ1) is 13.4. The minimum Gasteiger partial charge on any atom is -0.307 e. The Morgan fingerprint density at radius 2 is 1.68 bits per heavy atom. The van der Waals surface area contributed by atoms with Gasteiger partial charge in [-0.1, -0.05) is 65.3 Å². The molecule has 1 aromatic heterocycles. The molecule has 0 aliphatic carbocycles. The van der Waals surface area contributed by atoms with Crippen LogP contribution in [0.15, 0.2) is 63.2 Å². The summed E-state index contributed by atoms with van der Waals surface area (Å²) in [6.45, 7) is 5.33. The zero-order chi connectivity index (χ0) is 20.3. The topological polar surface area (TPSA) is 39.0 Å². The summed E-state index contributed by atoms with van der Waals surface area (Å²) in [6.07, 6.45) is 0. The molecule has 0 amide bonds. The molecule has 28 heavy (non-hydrogen) atoms. The number of nitrogens with zero attached hydrogens (tertiary/aromatic N) is 2. The van der Waals surface area contributed by atoms with Crippen molar-refractivity contribution in [2.75, 3.05) is 0 Å². The highest BCUT2D eigenvalue weighted by molar-refractivity contribution is 7.99. The van der Waals surface area contributed by atoms with Crippen LogP contribution < -0.4 is 11.0 Å². The quantitative estimate of drug-likeness (QED) is 0.531. The van der Waals surface area contributed by atoms with Crippen LogP contribution in [-0.4, -0.2) is 9.13 Å². The number of rotatable bonds is 7. The maximum atomic E-state index is 12.8. The lowest BCUT2D eigenvalue weighted by atomic mass is 10.2. The van der Waals surface area contributed by atoms with Gasteiger partial charge in [-0.15, -0.1) is 0 Å². The zero-order valence-electron chi connectivity index (χ0n) is 16.1. The number of nitrogens with one attached hydrogen (secondary N) is 1. The fourth-order valence-electron chi connectivity index (χ4n) is 3.02. The van der Waals surface area contributed by atoms with Crippen molar-refractivity contribution in [1.29, 1.82) is 0 Å². The Morgan fingerprint density at radius 1 is 1.04 bits per heavy atom. The summed E-state index contributed by atoms with van der Waals surface area (Å²) in [5.74, 6) is 0. The van der Waals surface area contributed by atoms with Crippen molar-refractivity contribution in [3.05, 3.63) is 80.3 Å². The Labute approximate surface area is 179 Å². The van der Waals surface area contributed by atoms with Crippen LogP contribution in [0.2, 0.25) is 10.0 Å². The second-order valence-electron chi connectivity index (χ2n) is 6.85. The average molecular weight is 436 g/mol. The highest BCUT2D eigenvalue weighted by atomic mass is 35.5. The molecule has 0 aliphatic rings. The van der Waals surface area contributed by atoms with Crippen LogP contribution >= 0.6 is 35.0 Å². The normalized spacial score (nSPS) is 11.4. The minimum atomic E-state index is -0.0258. The van der Waals surface area contributed by atoms with Gasteiger partial charge >= 0.3 is 5.69 Å². The molecule has 2 aromatic carbocycles. The summed E-state index contributed by atoms with van der Waals surface area (Å²) < 4.78 is 3.53.